The van der Waals surface area contributed by atoms with E-state index in [9.17, 15) is 13.0 Å². The van der Waals surface area contributed by atoms with Gasteiger partial charge in [0.1, 0.15) is 0 Å². The van der Waals surface area contributed by atoms with E-state index >= 15 is 0 Å². The average Bonchev–Trinajstić information content (AvgIpc) is 2.01. The zero-order valence-electron chi connectivity index (χ0n) is 6.63. The molecule has 0 bridgehead atoms. The number of benzene rings is 1. The van der Waals surface area contributed by atoms with Gasteiger partial charge in [-0.15, -0.1) is 0 Å². The lowest BCUT2D eigenvalue weighted by atomic mass is 10.4. The Morgan fingerprint density at radius 3 is 2.07 bits per heavy atom. The summed E-state index contributed by atoms with van der Waals surface area (Å²) in [7, 11) is -4.14. The van der Waals surface area contributed by atoms with E-state index in [0.29, 0.717) is 0 Å². The summed E-state index contributed by atoms with van der Waals surface area (Å²) in [6.07, 6.45) is -4.10. The van der Waals surface area contributed by atoms with Crippen molar-refractivity contribution in [3.63, 3.8) is 0 Å². The molecule has 14 heavy (non-hydrogen) atoms. The van der Waals surface area contributed by atoms with Crippen LogP contribution in [-0.4, -0.2) is 8.42 Å². The minimum absolute atomic E-state index is 0.151. The fourth-order valence-corrected chi connectivity index (χ4v) is 3.83. The van der Waals surface area contributed by atoms with Crippen LogP contribution in [0.1, 0.15) is 0 Å². The second-order valence-corrected chi connectivity index (χ2v) is 8.25. The lowest BCUT2D eigenvalue weighted by molar-refractivity contribution is 0.480. The Labute approximate surface area is 90.9 Å². The molecule has 0 N–H and O–H groups in total. The fraction of sp³-hybridized carbons (Fsp3) is 0. The van der Waals surface area contributed by atoms with Crippen molar-refractivity contribution in [2.24, 2.45) is 0 Å². The van der Waals surface area contributed by atoms with E-state index in [-0.39, 0.29) is 4.90 Å². The van der Waals surface area contributed by atoms with Crippen LogP contribution in [0, 0.1) is 0 Å². The highest BCUT2D eigenvalue weighted by atomic mass is 35.9. The summed E-state index contributed by atoms with van der Waals surface area (Å²) in [6, 6.07) is 7.16. The van der Waals surface area contributed by atoms with Crippen LogP contribution in [0.2, 0.25) is 0 Å². The molecule has 0 aliphatic rings. The van der Waals surface area contributed by atoms with Crippen LogP contribution in [0.25, 0.3) is 0 Å². The van der Waals surface area contributed by atoms with Gasteiger partial charge >= 0.3 is 16.2 Å². The number of hydrogen-bond donors (Lipinski definition) is 0. The van der Waals surface area contributed by atoms with Gasteiger partial charge in [-0.3, -0.25) is 4.57 Å². The van der Waals surface area contributed by atoms with Crippen molar-refractivity contribution in [3.05, 3.63) is 30.3 Å². The highest BCUT2D eigenvalue weighted by Crippen LogP contribution is 2.59. The third-order valence-electron chi connectivity index (χ3n) is 1.22. The van der Waals surface area contributed by atoms with Crippen molar-refractivity contribution >= 4 is 38.7 Å². The van der Waals surface area contributed by atoms with Crippen LogP contribution in [0.3, 0.4) is 0 Å². The van der Waals surface area contributed by atoms with Crippen LogP contribution in [-0.2, 0) is 18.7 Å². The van der Waals surface area contributed by atoms with E-state index < -0.39 is 16.2 Å². The lowest BCUT2D eigenvalue weighted by Gasteiger charge is -2.04. The van der Waals surface area contributed by atoms with Crippen molar-refractivity contribution in [2.45, 2.75) is 4.90 Å². The minimum Gasteiger partial charge on any atom is -0.255 e. The van der Waals surface area contributed by atoms with E-state index in [0.717, 1.165) is 0 Å². The van der Waals surface area contributed by atoms with Crippen molar-refractivity contribution < 1.29 is 17.0 Å². The summed E-state index contributed by atoms with van der Waals surface area (Å²) in [5.41, 5.74) is 0. The summed E-state index contributed by atoms with van der Waals surface area (Å²) >= 11 is 9.97. The molecular weight excluding hydrogens is 270 g/mol. The Bertz CT molecular complexity index is 452. The van der Waals surface area contributed by atoms with Crippen molar-refractivity contribution in [1.29, 1.82) is 0 Å². The molecule has 1 aromatic carbocycles. The molecule has 0 fully saturated rings. The molecule has 0 saturated heterocycles. The first-order chi connectivity index (χ1) is 6.31. The molecule has 0 aliphatic carbocycles. The molecule has 0 radical (unpaired) electrons. The Morgan fingerprint density at radius 2 is 1.64 bits per heavy atom. The summed E-state index contributed by atoms with van der Waals surface area (Å²) in [5, 5.41) is 0. The smallest absolute Gasteiger partial charge is 0.255 e. The predicted molar refractivity (Wildman–Crippen MR) is 54.0 cm³/mol. The number of halogens is 2. The lowest BCUT2D eigenvalue weighted by Crippen LogP contribution is -2.01. The number of rotatable bonds is 3. The predicted octanol–water partition coefficient (Wildman–Crippen LogP) is 2.98. The quantitative estimate of drug-likeness (QED) is 0.795. The van der Waals surface area contributed by atoms with Gasteiger partial charge in [0.25, 0.3) is 0 Å². The van der Waals surface area contributed by atoms with E-state index in [2.05, 4.69) is 3.97 Å². The van der Waals surface area contributed by atoms with Crippen LogP contribution < -0.4 is 0 Å². The fourth-order valence-electron chi connectivity index (χ4n) is 0.744. The minimum atomic E-state index is -4.14. The van der Waals surface area contributed by atoms with Gasteiger partial charge in [0.15, 0.2) is 0 Å². The Hall–Kier alpha value is -0.0600. The van der Waals surface area contributed by atoms with Gasteiger partial charge in [0, 0.05) is 0 Å². The van der Waals surface area contributed by atoms with Crippen LogP contribution in [0.15, 0.2) is 35.2 Å². The molecule has 0 amide bonds. The molecule has 1 rings (SSSR count). The second kappa shape index (κ2) is 4.21. The maximum atomic E-state index is 11.3. The van der Waals surface area contributed by atoms with Gasteiger partial charge in [0.2, 0.25) is 0 Å². The SMILES string of the molecule is O=P(Cl)(Cl)OS(=O)(=O)c1ccccc1. The van der Waals surface area contributed by atoms with E-state index in [1.807, 2.05) is 0 Å². The van der Waals surface area contributed by atoms with Crippen LogP contribution in [0.5, 0.6) is 0 Å². The Kier molecular flexibility index (Phi) is 3.61. The first kappa shape index (κ1) is 12.0. The van der Waals surface area contributed by atoms with Crippen molar-refractivity contribution in [2.75, 3.05) is 0 Å². The molecule has 1 aromatic rings. The van der Waals surface area contributed by atoms with Crippen molar-refractivity contribution in [1.82, 2.24) is 0 Å². The summed E-state index contributed by atoms with van der Waals surface area (Å²) in [5.74, 6) is 0. The maximum Gasteiger partial charge on any atom is 0.394 e. The zero-order valence-corrected chi connectivity index (χ0v) is 9.85. The maximum absolute atomic E-state index is 11.3. The molecule has 0 saturated carbocycles. The van der Waals surface area contributed by atoms with Gasteiger partial charge in [-0.1, -0.05) is 18.2 Å². The van der Waals surface area contributed by atoms with Crippen LogP contribution >= 0.6 is 28.6 Å². The average molecular weight is 275 g/mol. The standard InChI is InChI=1S/C6H5Cl2O4PS/c7-13(8,9)12-14(10,11)6-4-2-1-3-5-6/h1-5H. The highest BCUT2D eigenvalue weighted by molar-refractivity contribution is 8.10. The van der Waals surface area contributed by atoms with Crippen molar-refractivity contribution in [3.8, 4) is 0 Å². The Morgan fingerprint density at radius 1 is 1.14 bits per heavy atom. The third kappa shape index (κ3) is 3.59. The molecule has 0 aliphatic heterocycles. The van der Waals surface area contributed by atoms with E-state index in [4.69, 9.17) is 22.5 Å². The first-order valence-corrected chi connectivity index (χ1v) is 8.16. The van der Waals surface area contributed by atoms with Gasteiger partial charge in [-0.2, -0.15) is 12.4 Å². The molecule has 0 heterocycles. The largest absolute Gasteiger partial charge is 0.394 e. The summed E-state index contributed by atoms with van der Waals surface area (Å²) in [4.78, 5) is -0.151. The van der Waals surface area contributed by atoms with Crippen LogP contribution in [0.4, 0.5) is 0 Å². The molecule has 78 valence electrons. The summed E-state index contributed by atoms with van der Waals surface area (Å²) < 4.78 is 37.4. The normalized spacial score (nSPS) is 12.7. The monoisotopic (exact) mass is 274 g/mol. The van der Waals surface area contributed by atoms with E-state index in [1.165, 1.54) is 24.3 Å². The molecule has 0 atom stereocenters. The molecule has 0 aromatic heterocycles. The zero-order chi connectivity index (χ0) is 10.8. The number of hydrogen-bond acceptors (Lipinski definition) is 4. The highest BCUT2D eigenvalue weighted by Gasteiger charge is 2.26. The molecular formula is C6H5Cl2O4PS. The topological polar surface area (TPSA) is 60.4 Å². The van der Waals surface area contributed by atoms with E-state index in [1.54, 1.807) is 6.07 Å². The van der Waals surface area contributed by atoms with Gasteiger partial charge < -0.3 is 0 Å². The molecule has 8 heteroatoms. The Balaban J connectivity index is 3.05. The molecule has 0 unspecified atom stereocenters. The first-order valence-electron chi connectivity index (χ1n) is 3.32. The molecule has 4 nitrogen and oxygen atoms in total. The van der Waals surface area contributed by atoms with Gasteiger partial charge in [0.05, 0.1) is 4.90 Å². The van der Waals surface area contributed by atoms with Gasteiger partial charge in [-0.25, -0.2) is 0 Å². The third-order valence-corrected chi connectivity index (χ3v) is 4.56. The second-order valence-electron chi connectivity index (χ2n) is 2.26. The van der Waals surface area contributed by atoms with Gasteiger partial charge in [-0.05, 0) is 34.6 Å². The molecule has 0 spiro atoms. The summed E-state index contributed by atoms with van der Waals surface area (Å²) in [6.45, 7) is 0.